The molecular weight excluding hydrogens is 322 g/mol. The summed E-state index contributed by atoms with van der Waals surface area (Å²) in [5.41, 5.74) is 13.5. The molecule has 1 amide bonds. The van der Waals surface area contributed by atoms with Gasteiger partial charge in [0.25, 0.3) is 0 Å². The number of allylic oxidation sites excluding steroid dienone is 3. The Balaban J connectivity index is 0.00000242. The molecule has 0 aromatic heterocycles. The van der Waals surface area contributed by atoms with Crippen LogP contribution in [-0.2, 0) is 26.5 Å². The zero-order valence-corrected chi connectivity index (χ0v) is 17.7. The molecule has 0 spiro atoms. The molecule has 1 saturated carbocycles. The largest absolute Gasteiger partial charge is 0.667 e. The Morgan fingerprint density at radius 3 is 2.18 bits per heavy atom. The smallest absolute Gasteiger partial charge is 0.0592 e. The molecule has 22 heavy (non-hydrogen) atoms. The maximum atomic E-state index is 12.6. The van der Waals surface area contributed by atoms with Crippen molar-refractivity contribution in [1.82, 2.24) is 0 Å². The SMILES string of the molecule is CC1=C(C)C(C)C(C2(C([NH-])=O)CCCCC2[SiH](C)C)=C1C.[Ti]. The van der Waals surface area contributed by atoms with E-state index in [0.717, 1.165) is 19.3 Å². The summed E-state index contributed by atoms with van der Waals surface area (Å²) in [5, 5.41) is 0. The molecule has 3 atom stereocenters. The Labute approximate surface area is 152 Å². The van der Waals surface area contributed by atoms with Crippen LogP contribution in [0.1, 0.15) is 53.4 Å². The zero-order chi connectivity index (χ0) is 15.9. The van der Waals surface area contributed by atoms with Crippen molar-refractivity contribution in [2.45, 2.75) is 72.0 Å². The van der Waals surface area contributed by atoms with Gasteiger partial charge in [-0.2, -0.15) is 0 Å². The Morgan fingerprint density at radius 2 is 1.77 bits per heavy atom. The molecule has 0 heterocycles. The first kappa shape index (κ1) is 19.9. The summed E-state index contributed by atoms with van der Waals surface area (Å²) in [6, 6.07) is 0. The summed E-state index contributed by atoms with van der Waals surface area (Å²) in [7, 11) is -0.978. The van der Waals surface area contributed by atoms with E-state index >= 15 is 0 Å². The number of carbonyl (C=O) groups is 1. The molecule has 1 fully saturated rings. The number of rotatable bonds is 3. The second kappa shape index (κ2) is 7.19. The quantitative estimate of drug-likeness (QED) is 0.637. The predicted octanol–water partition coefficient (Wildman–Crippen LogP) is 5.28. The molecule has 2 rings (SSSR count). The van der Waals surface area contributed by atoms with Crippen LogP contribution in [0, 0.1) is 11.3 Å². The van der Waals surface area contributed by atoms with Gasteiger partial charge < -0.3 is 10.5 Å². The molecular formula is C18H30NOSiTi-. The molecule has 3 unspecified atom stereocenters. The van der Waals surface area contributed by atoms with Gasteiger partial charge in [-0.15, -0.1) is 0 Å². The second-order valence-corrected chi connectivity index (χ2v) is 10.8. The van der Waals surface area contributed by atoms with E-state index in [4.69, 9.17) is 5.73 Å². The van der Waals surface area contributed by atoms with Gasteiger partial charge in [-0.1, -0.05) is 44.9 Å². The molecule has 0 aliphatic heterocycles. The minimum absolute atomic E-state index is 0. The summed E-state index contributed by atoms with van der Waals surface area (Å²) < 4.78 is 0. The van der Waals surface area contributed by atoms with Gasteiger partial charge in [-0.05, 0) is 55.4 Å². The third kappa shape index (κ3) is 2.85. The van der Waals surface area contributed by atoms with Gasteiger partial charge in [0, 0.05) is 35.9 Å². The van der Waals surface area contributed by atoms with Gasteiger partial charge in [0.1, 0.15) is 0 Å². The Kier molecular flexibility index (Phi) is 6.51. The Bertz CT molecular complexity index is 523. The van der Waals surface area contributed by atoms with E-state index in [-0.39, 0.29) is 27.6 Å². The van der Waals surface area contributed by atoms with Crippen molar-refractivity contribution in [3.63, 3.8) is 0 Å². The average Bonchev–Trinajstić information content (AvgIpc) is 2.63. The fourth-order valence-electron chi connectivity index (χ4n) is 4.93. The third-order valence-electron chi connectivity index (χ3n) is 6.30. The number of amides is 1. The van der Waals surface area contributed by atoms with Crippen molar-refractivity contribution in [1.29, 1.82) is 0 Å². The van der Waals surface area contributed by atoms with E-state index in [0.29, 0.717) is 11.5 Å². The fourth-order valence-corrected chi connectivity index (χ4v) is 7.46. The van der Waals surface area contributed by atoms with Crippen molar-refractivity contribution >= 4 is 14.7 Å². The summed E-state index contributed by atoms with van der Waals surface area (Å²) in [6.45, 7) is 13.5. The summed E-state index contributed by atoms with van der Waals surface area (Å²) in [4.78, 5) is 12.6. The predicted molar refractivity (Wildman–Crippen MR) is 93.1 cm³/mol. The fraction of sp³-hybridized carbons (Fsp3) is 0.722. The molecule has 0 bridgehead atoms. The zero-order valence-electron chi connectivity index (χ0n) is 15.0. The van der Waals surface area contributed by atoms with Gasteiger partial charge >= 0.3 is 0 Å². The van der Waals surface area contributed by atoms with E-state index in [1.54, 1.807) is 0 Å². The first-order valence-corrected chi connectivity index (χ1v) is 11.4. The molecule has 0 aromatic carbocycles. The van der Waals surface area contributed by atoms with Gasteiger partial charge in [0.05, 0.1) is 5.91 Å². The first-order valence-electron chi connectivity index (χ1n) is 8.40. The van der Waals surface area contributed by atoms with E-state index in [1.165, 1.54) is 28.7 Å². The van der Waals surface area contributed by atoms with Gasteiger partial charge in [-0.25, -0.2) is 0 Å². The van der Waals surface area contributed by atoms with E-state index in [2.05, 4.69) is 40.8 Å². The Hall–Kier alpha value is -0.119. The molecule has 2 aliphatic carbocycles. The molecule has 4 heteroatoms. The van der Waals surface area contributed by atoms with Crippen LogP contribution in [0.25, 0.3) is 5.73 Å². The standard InChI is InChI=1S/C18H31NOSi.Ti/c1-11-12(2)14(4)16(13(11)3)18(17(19)20)10-8-7-9-15(18)21(5)6;/h13,15,21H,7-10H2,1-6H3,(H2,19,20);/p-1. The van der Waals surface area contributed by atoms with Gasteiger partial charge in [0.15, 0.2) is 0 Å². The monoisotopic (exact) mass is 352 g/mol. The van der Waals surface area contributed by atoms with Crippen molar-refractivity contribution in [2.75, 3.05) is 0 Å². The molecule has 2 aliphatic rings. The summed E-state index contributed by atoms with van der Waals surface area (Å²) in [5.74, 6) is 0.0322. The molecule has 0 radical (unpaired) electrons. The average molecular weight is 352 g/mol. The molecule has 0 saturated heterocycles. The molecule has 2 nitrogen and oxygen atoms in total. The van der Waals surface area contributed by atoms with E-state index < -0.39 is 14.2 Å². The third-order valence-corrected chi connectivity index (χ3v) is 8.81. The number of nitrogens with one attached hydrogen (secondary N) is 1. The van der Waals surface area contributed by atoms with E-state index in [9.17, 15) is 4.79 Å². The number of hydrogen-bond donors (Lipinski definition) is 0. The van der Waals surface area contributed by atoms with Crippen molar-refractivity contribution in [3.8, 4) is 0 Å². The van der Waals surface area contributed by atoms with E-state index in [1.807, 2.05) is 0 Å². The summed E-state index contributed by atoms with van der Waals surface area (Å²) in [6.07, 6.45) is 4.39. The van der Waals surface area contributed by atoms with Crippen LogP contribution in [-0.4, -0.2) is 14.7 Å². The maximum Gasteiger partial charge on any atom is 0.0592 e. The Morgan fingerprint density at radius 1 is 1.18 bits per heavy atom. The molecule has 122 valence electrons. The minimum atomic E-state index is -0.978. The van der Waals surface area contributed by atoms with Crippen molar-refractivity contribution in [2.24, 2.45) is 11.3 Å². The van der Waals surface area contributed by atoms with Crippen LogP contribution in [0.2, 0.25) is 18.6 Å². The maximum absolute atomic E-state index is 12.6. The van der Waals surface area contributed by atoms with Crippen LogP contribution in [0.5, 0.6) is 0 Å². The van der Waals surface area contributed by atoms with Crippen LogP contribution in [0.3, 0.4) is 0 Å². The van der Waals surface area contributed by atoms with Crippen LogP contribution >= 0.6 is 0 Å². The normalized spacial score (nSPS) is 32.5. The number of hydrogen-bond acceptors (Lipinski definition) is 1. The van der Waals surface area contributed by atoms with Gasteiger partial charge in [-0.3, -0.25) is 0 Å². The summed E-state index contributed by atoms with van der Waals surface area (Å²) >= 11 is 0. The molecule has 0 aromatic rings. The van der Waals surface area contributed by atoms with Crippen LogP contribution in [0.15, 0.2) is 22.3 Å². The van der Waals surface area contributed by atoms with Crippen molar-refractivity contribution in [3.05, 3.63) is 28.0 Å². The molecule has 1 N–H and O–H groups in total. The first-order chi connectivity index (χ1) is 9.75. The van der Waals surface area contributed by atoms with Crippen LogP contribution < -0.4 is 0 Å². The second-order valence-electron chi connectivity index (χ2n) is 7.47. The topological polar surface area (TPSA) is 40.9 Å². The van der Waals surface area contributed by atoms with Crippen LogP contribution in [0.4, 0.5) is 0 Å². The van der Waals surface area contributed by atoms with Crippen molar-refractivity contribution < 1.29 is 26.5 Å². The minimum Gasteiger partial charge on any atom is -0.667 e. The number of carbonyl (C=O) groups excluding carboxylic acids is 1. The van der Waals surface area contributed by atoms with Gasteiger partial charge in [0.2, 0.25) is 0 Å².